The Morgan fingerprint density at radius 1 is 1.07 bits per heavy atom. The van der Waals surface area contributed by atoms with Crippen LogP contribution in [0.4, 0.5) is 0 Å². The molecule has 3 aromatic rings. The van der Waals surface area contributed by atoms with E-state index in [2.05, 4.69) is 51.3 Å². The van der Waals surface area contributed by atoms with Gasteiger partial charge in [-0.3, -0.25) is 0 Å². The minimum atomic E-state index is -0.241. The molecule has 29 heavy (non-hydrogen) atoms. The van der Waals surface area contributed by atoms with E-state index in [0.29, 0.717) is 6.61 Å². The molecule has 2 heterocycles. The van der Waals surface area contributed by atoms with Gasteiger partial charge in [0.1, 0.15) is 11.5 Å². The summed E-state index contributed by atoms with van der Waals surface area (Å²) < 4.78 is 13.0. The summed E-state index contributed by atoms with van der Waals surface area (Å²) in [7, 11) is 0. The number of benzene rings is 3. The molecule has 0 aliphatic carbocycles. The second kappa shape index (κ2) is 7.56. The maximum Gasteiger partial charge on any atom is 0.213 e. The van der Waals surface area contributed by atoms with E-state index in [4.69, 9.17) is 14.6 Å². The quantitative estimate of drug-likeness (QED) is 0.484. The predicted octanol–water partition coefficient (Wildman–Crippen LogP) is 6.09. The minimum absolute atomic E-state index is 0.142. The zero-order valence-corrected chi connectivity index (χ0v) is 17.7. The van der Waals surface area contributed by atoms with Gasteiger partial charge in [0, 0.05) is 22.0 Å². The fourth-order valence-corrected chi connectivity index (χ4v) is 4.36. The summed E-state index contributed by atoms with van der Waals surface area (Å²) in [6.07, 6.45) is 0.597. The van der Waals surface area contributed by atoms with Gasteiger partial charge in [0.05, 0.1) is 18.4 Å². The van der Waals surface area contributed by atoms with Gasteiger partial charge < -0.3 is 9.47 Å². The number of ether oxygens (including phenoxy) is 2. The van der Waals surface area contributed by atoms with Crippen LogP contribution >= 0.6 is 15.9 Å². The number of halogens is 1. The Morgan fingerprint density at radius 2 is 1.86 bits per heavy atom. The van der Waals surface area contributed by atoms with Gasteiger partial charge >= 0.3 is 0 Å². The maximum atomic E-state index is 6.40. The number of hydrazone groups is 1. The van der Waals surface area contributed by atoms with Crippen molar-refractivity contribution in [3.8, 4) is 11.5 Å². The molecule has 0 saturated carbocycles. The Bertz CT molecular complexity index is 1050. The molecule has 0 radical (unpaired) electrons. The first kappa shape index (κ1) is 18.3. The monoisotopic (exact) mass is 448 g/mol. The molecule has 0 aromatic heterocycles. The molecule has 0 fully saturated rings. The Balaban J connectivity index is 1.54. The van der Waals surface area contributed by atoms with Gasteiger partial charge in [-0.2, -0.15) is 5.10 Å². The molecule has 0 unspecified atom stereocenters. The van der Waals surface area contributed by atoms with Crippen molar-refractivity contribution < 1.29 is 9.47 Å². The third kappa shape index (κ3) is 3.40. The van der Waals surface area contributed by atoms with Crippen LogP contribution in [0.5, 0.6) is 11.5 Å². The van der Waals surface area contributed by atoms with Gasteiger partial charge in [0.15, 0.2) is 0 Å². The molecule has 3 aromatic carbocycles. The van der Waals surface area contributed by atoms with E-state index in [1.165, 1.54) is 0 Å². The lowest BCUT2D eigenvalue weighted by molar-refractivity contribution is -0.0190. The third-order valence-corrected chi connectivity index (χ3v) is 5.83. The second-order valence-corrected chi connectivity index (χ2v) is 8.08. The van der Waals surface area contributed by atoms with E-state index in [0.717, 1.165) is 44.8 Å². The molecule has 0 spiro atoms. The van der Waals surface area contributed by atoms with Gasteiger partial charge in [0.25, 0.3) is 0 Å². The molecule has 2 aliphatic heterocycles. The molecule has 2 atom stereocenters. The summed E-state index contributed by atoms with van der Waals surface area (Å²) in [6, 6.07) is 24.8. The first-order chi connectivity index (χ1) is 14.2. The van der Waals surface area contributed by atoms with Crippen LogP contribution in [0.3, 0.4) is 0 Å². The Hall–Kier alpha value is -2.79. The highest BCUT2D eigenvalue weighted by molar-refractivity contribution is 9.10. The van der Waals surface area contributed by atoms with Crippen LogP contribution in [-0.4, -0.2) is 17.3 Å². The number of hydrogen-bond acceptors (Lipinski definition) is 4. The van der Waals surface area contributed by atoms with E-state index in [1.54, 1.807) is 0 Å². The van der Waals surface area contributed by atoms with E-state index >= 15 is 0 Å². The summed E-state index contributed by atoms with van der Waals surface area (Å²) in [4.78, 5) is 0. The molecule has 146 valence electrons. The summed E-state index contributed by atoms with van der Waals surface area (Å²) >= 11 is 3.60. The highest BCUT2D eigenvalue weighted by Crippen LogP contribution is 2.48. The smallest absolute Gasteiger partial charge is 0.213 e. The molecule has 0 N–H and O–H groups in total. The molecular formula is C24H21BrN2O2. The van der Waals surface area contributed by atoms with Crippen molar-refractivity contribution in [1.82, 2.24) is 5.01 Å². The third-order valence-electron chi connectivity index (χ3n) is 5.34. The highest BCUT2D eigenvalue weighted by atomic mass is 79.9. The first-order valence-corrected chi connectivity index (χ1v) is 10.6. The molecule has 5 rings (SSSR count). The van der Waals surface area contributed by atoms with Crippen molar-refractivity contribution in [1.29, 1.82) is 0 Å². The van der Waals surface area contributed by atoms with E-state index in [1.807, 2.05) is 49.4 Å². The van der Waals surface area contributed by atoms with Crippen molar-refractivity contribution >= 4 is 21.6 Å². The van der Waals surface area contributed by atoms with Crippen molar-refractivity contribution in [2.45, 2.75) is 25.6 Å². The SMILES string of the molecule is CCOc1ccc(C2=NN3[C@@H](c4ccccc4)Oc4ccc(Br)cc4[C@@H]3C2)cc1. The van der Waals surface area contributed by atoms with Crippen LogP contribution < -0.4 is 9.47 Å². The van der Waals surface area contributed by atoms with Crippen LogP contribution in [0.1, 0.15) is 42.3 Å². The maximum absolute atomic E-state index is 6.40. The normalized spacial score (nSPS) is 19.8. The van der Waals surface area contributed by atoms with E-state index < -0.39 is 0 Å². The van der Waals surface area contributed by atoms with Crippen molar-refractivity contribution in [3.63, 3.8) is 0 Å². The van der Waals surface area contributed by atoms with Crippen LogP contribution in [0.15, 0.2) is 82.4 Å². The summed E-state index contributed by atoms with van der Waals surface area (Å²) in [6.45, 7) is 2.66. The summed E-state index contributed by atoms with van der Waals surface area (Å²) in [5, 5.41) is 7.12. The van der Waals surface area contributed by atoms with Gasteiger partial charge in [-0.25, -0.2) is 5.01 Å². The lowest BCUT2D eigenvalue weighted by atomic mass is 9.96. The fourth-order valence-electron chi connectivity index (χ4n) is 3.98. The molecule has 0 saturated heterocycles. The van der Waals surface area contributed by atoms with E-state index in [-0.39, 0.29) is 12.3 Å². The van der Waals surface area contributed by atoms with Gasteiger partial charge in [-0.15, -0.1) is 0 Å². The Morgan fingerprint density at radius 3 is 2.62 bits per heavy atom. The van der Waals surface area contributed by atoms with E-state index in [9.17, 15) is 0 Å². The van der Waals surface area contributed by atoms with Crippen LogP contribution in [0.2, 0.25) is 0 Å². The number of nitrogens with zero attached hydrogens (tertiary/aromatic N) is 2. The minimum Gasteiger partial charge on any atom is -0.494 e. The largest absolute Gasteiger partial charge is 0.494 e. The van der Waals surface area contributed by atoms with Crippen molar-refractivity contribution in [2.24, 2.45) is 5.10 Å². The second-order valence-electron chi connectivity index (χ2n) is 7.17. The Labute approximate surface area is 178 Å². The topological polar surface area (TPSA) is 34.1 Å². The zero-order chi connectivity index (χ0) is 19.8. The number of fused-ring (bicyclic) bond motifs is 3. The summed E-state index contributed by atoms with van der Waals surface area (Å²) in [5.74, 6) is 1.80. The van der Waals surface area contributed by atoms with Gasteiger partial charge in [-0.1, -0.05) is 46.3 Å². The molecule has 0 amide bonds. The molecule has 0 bridgehead atoms. The fraction of sp³-hybridized carbons (Fsp3) is 0.208. The molecule has 4 nitrogen and oxygen atoms in total. The summed E-state index contributed by atoms with van der Waals surface area (Å²) in [5.41, 5.74) is 4.45. The van der Waals surface area contributed by atoms with Crippen LogP contribution in [0, 0.1) is 0 Å². The Kier molecular flexibility index (Phi) is 4.76. The number of hydrogen-bond donors (Lipinski definition) is 0. The van der Waals surface area contributed by atoms with Crippen LogP contribution in [0.25, 0.3) is 0 Å². The van der Waals surface area contributed by atoms with Crippen LogP contribution in [-0.2, 0) is 0 Å². The lowest BCUT2D eigenvalue weighted by Gasteiger charge is -2.38. The zero-order valence-electron chi connectivity index (χ0n) is 16.1. The standard InChI is InChI=1S/C24H21BrN2O2/c1-2-28-19-11-8-16(9-12-19)21-15-22-20-14-18(25)10-13-23(20)29-24(27(22)26-21)17-6-4-3-5-7-17/h3-14,22,24H,2,15H2,1H3/t22-,24+/m0/s1. The van der Waals surface area contributed by atoms with Gasteiger partial charge in [0.2, 0.25) is 6.23 Å². The highest BCUT2D eigenvalue weighted by Gasteiger charge is 2.41. The van der Waals surface area contributed by atoms with Gasteiger partial charge in [-0.05, 0) is 55.0 Å². The number of rotatable bonds is 4. The molecular weight excluding hydrogens is 428 g/mol. The van der Waals surface area contributed by atoms with Crippen molar-refractivity contribution in [3.05, 3.63) is 94.0 Å². The first-order valence-electron chi connectivity index (χ1n) is 9.83. The average molecular weight is 449 g/mol. The van der Waals surface area contributed by atoms with Crippen molar-refractivity contribution in [2.75, 3.05) is 6.61 Å². The average Bonchev–Trinajstić information content (AvgIpc) is 3.20. The lowest BCUT2D eigenvalue weighted by Crippen LogP contribution is -2.33. The molecule has 2 aliphatic rings. The molecule has 5 heteroatoms. The predicted molar refractivity (Wildman–Crippen MR) is 117 cm³/mol.